The van der Waals surface area contributed by atoms with Gasteiger partial charge in [-0.05, 0) is 30.5 Å². The Kier molecular flexibility index (Phi) is 6.16. The van der Waals surface area contributed by atoms with Gasteiger partial charge in [0.25, 0.3) is 0 Å². The van der Waals surface area contributed by atoms with Crippen LogP contribution in [0.25, 0.3) is 0 Å². The van der Waals surface area contributed by atoms with E-state index in [4.69, 9.17) is 5.14 Å². The molecule has 5 nitrogen and oxygen atoms in total. The third-order valence-corrected chi connectivity index (χ3v) is 4.06. The van der Waals surface area contributed by atoms with Gasteiger partial charge in [0.05, 0.1) is 4.90 Å². The van der Waals surface area contributed by atoms with Gasteiger partial charge in [0.15, 0.2) is 0 Å². The van der Waals surface area contributed by atoms with Crippen LogP contribution in [0.2, 0.25) is 0 Å². The lowest BCUT2D eigenvalue weighted by Gasteiger charge is -2.11. The van der Waals surface area contributed by atoms with E-state index in [1.165, 1.54) is 12.1 Å². The van der Waals surface area contributed by atoms with E-state index in [0.29, 0.717) is 13.0 Å². The fourth-order valence-corrected chi connectivity index (χ4v) is 2.43. The van der Waals surface area contributed by atoms with Gasteiger partial charge in [-0.2, -0.15) is 0 Å². The fraction of sp³-hybridized carbons (Fsp3) is 0.500. The predicted octanol–water partition coefficient (Wildman–Crippen LogP) is 1.43. The Morgan fingerprint density at radius 3 is 2.40 bits per heavy atom. The van der Waals surface area contributed by atoms with Crippen molar-refractivity contribution in [3.63, 3.8) is 0 Å². The highest BCUT2D eigenvalue weighted by Crippen LogP contribution is 2.09. The highest BCUT2D eigenvalue weighted by atomic mass is 32.2. The van der Waals surface area contributed by atoms with Gasteiger partial charge in [-0.25, -0.2) is 13.6 Å². The number of hydrogen-bond donors (Lipinski definition) is 2. The van der Waals surface area contributed by atoms with Crippen molar-refractivity contribution in [2.75, 3.05) is 6.54 Å². The Morgan fingerprint density at radius 2 is 1.90 bits per heavy atom. The van der Waals surface area contributed by atoms with Gasteiger partial charge >= 0.3 is 0 Å². The number of sulfonamides is 1. The number of hydrogen-bond acceptors (Lipinski definition) is 3. The summed E-state index contributed by atoms with van der Waals surface area (Å²) in [6.07, 6.45) is 2.54. The van der Waals surface area contributed by atoms with Crippen LogP contribution in [0.4, 0.5) is 0 Å². The van der Waals surface area contributed by atoms with Crippen LogP contribution in [-0.4, -0.2) is 20.9 Å². The summed E-state index contributed by atoms with van der Waals surface area (Å²) in [6.45, 7) is 4.51. The van der Waals surface area contributed by atoms with E-state index in [1.54, 1.807) is 12.1 Å². The smallest absolute Gasteiger partial charge is 0.238 e. The molecule has 0 fully saturated rings. The molecule has 0 aliphatic rings. The summed E-state index contributed by atoms with van der Waals surface area (Å²) in [5.74, 6) is 0.0952. The minimum absolute atomic E-state index is 0.0322. The van der Waals surface area contributed by atoms with Crippen molar-refractivity contribution in [3.8, 4) is 0 Å². The van der Waals surface area contributed by atoms with Crippen LogP contribution in [-0.2, 0) is 21.2 Å². The minimum atomic E-state index is -3.64. The molecule has 0 aliphatic heterocycles. The van der Waals surface area contributed by atoms with Crippen molar-refractivity contribution in [2.45, 2.75) is 38.0 Å². The van der Waals surface area contributed by atoms with Crippen molar-refractivity contribution >= 4 is 15.9 Å². The van der Waals surface area contributed by atoms with Crippen LogP contribution in [0.1, 0.15) is 32.3 Å². The average molecular weight is 298 g/mol. The molecule has 1 atom stereocenters. The lowest BCUT2D eigenvalue weighted by atomic mass is 10.1. The predicted molar refractivity (Wildman–Crippen MR) is 78.6 cm³/mol. The van der Waals surface area contributed by atoms with Crippen molar-refractivity contribution in [1.29, 1.82) is 0 Å². The molecule has 1 amide bonds. The number of nitrogens with two attached hydrogens (primary N) is 1. The zero-order valence-corrected chi connectivity index (χ0v) is 12.7. The van der Waals surface area contributed by atoms with Crippen LogP contribution in [0, 0.1) is 5.92 Å². The summed E-state index contributed by atoms with van der Waals surface area (Å²) in [6, 6.07) is 6.38. The zero-order valence-electron chi connectivity index (χ0n) is 11.9. The first-order chi connectivity index (χ1) is 9.34. The number of carbonyl (C=O) groups is 1. The maximum atomic E-state index is 11.7. The number of benzene rings is 1. The van der Waals surface area contributed by atoms with Crippen LogP contribution in [0.5, 0.6) is 0 Å². The summed E-state index contributed by atoms with van der Waals surface area (Å²) < 4.78 is 22.2. The van der Waals surface area contributed by atoms with E-state index in [9.17, 15) is 13.2 Å². The van der Waals surface area contributed by atoms with E-state index in [0.717, 1.165) is 18.4 Å². The molecule has 1 rings (SSSR count). The van der Waals surface area contributed by atoms with Crippen molar-refractivity contribution in [3.05, 3.63) is 29.8 Å². The normalized spacial score (nSPS) is 12.9. The molecule has 0 saturated carbocycles. The van der Waals surface area contributed by atoms with Gasteiger partial charge in [0.1, 0.15) is 0 Å². The summed E-state index contributed by atoms with van der Waals surface area (Å²) >= 11 is 0. The first-order valence-electron chi connectivity index (χ1n) is 6.74. The molecular formula is C14H22N2O3S. The molecule has 0 bridgehead atoms. The lowest BCUT2D eigenvalue weighted by Crippen LogP contribution is -2.30. The molecule has 0 radical (unpaired) electrons. The van der Waals surface area contributed by atoms with Crippen LogP contribution in [0.3, 0.4) is 0 Å². The third-order valence-electron chi connectivity index (χ3n) is 3.13. The second-order valence-electron chi connectivity index (χ2n) is 4.92. The number of primary sulfonamides is 1. The largest absolute Gasteiger partial charge is 0.356 e. The van der Waals surface area contributed by atoms with E-state index in [2.05, 4.69) is 12.2 Å². The third kappa shape index (κ3) is 5.30. The van der Waals surface area contributed by atoms with E-state index < -0.39 is 10.0 Å². The van der Waals surface area contributed by atoms with Gasteiger partial charge in [-0.1, -0.05) is 32.4 Å². The van der Waals surface area contributed by atoms with Crippen LogP contribution in [0.15, 0.2) is 29.2 Å². The molecule has 0 heterocycles. The van der Waals surface area contributed by atoms with E-state index in [1.807, 2.05) is 6.92 Å². The second kappa shape index (κ2) is 7.40. The molecule has 6 heteroatoms. The Bertz CT molecular complexity index is 538. The number of rotatable bonds is 7. The maximum absolute atomic E-state index is 11.7. The molecule has 0 saturated heterocycles. The maximum Gasteiger partial charge on any atom is 0.238 e. The number of nitrogens with one attached hydrogen (secondary N) is 1. The lowest BCUT2D eigenvalue weighted by molar-refractivity contribution is -0.124. The summed E-state index contributed by atoms with van der Waals surface area (Å²) in [5, 5.41) is 7.90. The van der Waals surface area contributed by atoms with E-state index in [-0.39, 0.29) is 16.7 Å². The SMILES string of the molecule is CCC[C@H](C)C(=O)NCCc1ccc(S(N)(=O)=O)cc1. The highest BCUT2D eigenvalue weighted by molar-refractivity contribution is 7.89. The second-order valence-corrected chi connectivity index (χ2v) is 6.48. The Hall–Kier alpha value is -1.40. The average Bonchev–Trinajstić information content (AvgIpc) is 2.38. The molecule has 112 valence electrons. The molecule has 20 heavy (non-hydrogen) atoms. The quantitative estimate of drug-likeness (QED) is 0.798. The molecule has 0 aliphatic carbocycles. The van der Waals surface area contributed by atoms with E-state index >= 15 is 0 Å². The molecule has 3 N–H and O–H groups in total. The van der Waals surface area contributed by atoms with Gasteiger partial charge in [-0.15, -0.1) is 0 Å². The first-order valence-corrected chi connectivity index (χ1v) is 8.28. The molecule has 0 aromatic heterocycles. The Balaban J connectivity index is 2.45. The topological polar surface area (TPSA) is 89.3 Å². The van der Waals surface area contributed by atoms with Gasteiger partial charge < -0.3 is 5.32 Å². The molecule has 0 unspecified atom stereocenters. The first kappa shape index (κ1) is 16.7. The summed E-state index contributed by atoms with van der Waals surface area (Å²) in [4.78, 5) is 11.8. The minimum Gasteiger partial charge on any atom is -0.356 e. The summed E-state index contributed by atoms with van der Waals surface area (Å²) in [5.41, 5.74) is 0.959. The number of carbonyl (C=O) groups excluding carboxylic acids is 1. The monoisotopic (exact) mass is 298 g/mol. The Labute approximate surface area is 120 Å². The highest BCUT2D eigenvalue weighted by Gasteiger charge is 2.11. The van der Waals surface area contributed by atoms with Crippen LogP contribution < -0.4 is 10.5 Å². The number of amides is 1. The summed E-state index contributed by atoms with van der Waals surface area (Å²) in [7, 11) is -3.64. The van der Waals surface area contributed by atoms with Gasteiger partial charge in [0.2, 0.25) is 15.9 Å². The van der Waals surface area contributed by atoms with Crippen molar-refractivity contribution in [2.24, 2.45) is 11.1 Å². The van der Waals surface area contributed by atoms with Crippen molar-refractivity contribution in [1.82, 2.24) is 5.32 Å². The zero-order chi connectivity index (χ0) is 15.2. The Morgan fingerprint density at radius 1 is 1.30 bits per heavy atom. The van der Waals surface area contributed by atoms with Crippen molar-refractivity contribution < 1.29 is 13.2 Å². The fourth-order valence-electron chi connectivity index (χ4n) is 1.91. The molecule has 1 aromatic rings. The standard InChI is InChI=1S/C14H22N2O3S/c1-3-4-11(2)14(17)16-10-9-12-5-7-13(8-6-12)20(15,18)19/h5-8,11H,3-4,9-10H2,1-2H3,(H,16,17)(H2,15,18,19)/t11-/m0/s1. The molecule has 0 spiro atoms. The molecular weight excluding hydrogens is 276 g/mol. The molecule has 1 aromatic carbocycles. The van der Waals surface area contributed by atoms with Gasteiger partial charge in [0, 0.05) is 12.5 Å². The van der Waals surface area contributed by atoms with Gasteiger partial charge in [-0.3, -0.25) is 4.79 Å². The van der Waals surface area contributed by atoms with Crippen LogP contribution >= 0.6 is 0 Å².